The van der Waals surface area contributed by atoms with Gasteiger partial charge in [0.2, 0.25) is 5.91 Å². The van der Waals surface area contributed by atoms with Gasteiger partial charge in [-0.2, -0.15) is 0 Å². The number of carbonyl (C=O) groups excluding carboxylic acids is 1. The van der Waals surface area contributed by atoms with Crippen LogP contribution in [0.25, 0.3) is 0 Å². The summed E-state index contributed by atoms with van der Waals surface area (Å²) in [4.78, 5) is 22.2. The van der Waals surface area contributed by atoms with Crippen LogP contribution in [0.5, 0.6) is 0 Å². The van der Waals surface area contributed by atoms with Crippen molar-refractivity contribution < 1.29 is 4.79 Å². The number of piperidine rings is 1. The first-order valence-electron chi connectivity index (χ1n) is 9.19. The second kappa shape index (κ2) is 9.19. The van der Waals surface area contributed by atoms with E-state index in [9.17, 15) is 4.79 Å². The van der Waals surface area contributed by atoms with E-state index >= 15 is 0 Å². The SMILES string of the molecule is CN(C)Cc1ccc(C2CCCCN2C(=O)CSc2ccncc2)cc1. The molecular weight excluding hydrogens is 342 g/mol. The number of nitrogens with zero attached hydrogens (tertiary/aromatic N) is 3. The van der Waals surface area contributed by atoms with E-state index in [0.717, 1.165) is 30.8 Å². The van der Waals surface area contributed by atoms with Crippen LogP contribution < -0.4 is 0 Å². The number of amides is 1. The second-order valence-electron chi connectivity index (χ2n) is 7.05. The molecule has 1 atom stereocenters. The number of likely N-dealkylation sites (tertiary alicyclic amines) is 1. The van der Waals surface area contributed by atoms with Gasteiger partial charge in [0.25, 0.3) is 0 Å². The van der Waals surface area contributed by atoms with Gasteiger partial charge in [0.05, 0.1) is 11.8 Å². The summed E-state index contributed by atoms with van der Waals surface area (Å²) < 4.78 is 0. The van der Waals surface area contributed by atoms with E-state index in [1.165, 1.54) is 17.5 Å². The van der Waals surface area contributed by atoms with Crippen LogP contribution in [0, 0.1) is 0 Å². The number of rotatable bonds is 6. The molecule has 1 saturated heterocycles. The molecule has 3 rings (SSSR count). The molecule has 2 heterocycles. The van der Waals surface area contributed by atoms with Crippen molar-refractivity contribution in [3.8, 4) is 0 Å². The third-order valence-electron chi connectivity index (χ3n) is 4.70. The first kappa shape index (κ1) is 18.9. The summed E-state index contributed by atoms with van der Waals surface area (Å²) in [6.45, 7) is 1.80. The highest BCUT2D eigenvalue weighted by Crippen LogP contribution is 2.32. The number of hydrogen-bond acceptors (Lipinski definition) is 4. The zero-order valence-electron chi connectivity index (χ0n) is 15.6. The maximum atomic E-state index is 12.9. The Hall–Kier alpha value is -1.85. The maximum Gasteiger partial charge on any atom is 0.233 e. The summed E-state index contributed by atoms with van der Waals surface area (Å²) in [6.07, 6.45) is 6.88. The molecule has 26 heavy (non-hydrogen) atoms. The molecular formula is C21H27N3OS. The van der Waals surface area contributed by atoms with Gasteiger partial charge in [-0.25, -0.2) is 0 Å². The molecule has 1 unspecified atom stereocenters. The molecule has 5 heteroatoms. The monoisotopic (exact) mass is 369 g/mol. The van der Waals surface area contributed by atoms with Gasteiger partial charge in [-0.1, -0.05) is 24.3 Å². The Balaban J connectivity index is 1.66. The van der Waals surface area contributed by atoms with Crippen LogP contribution in [-0.2, 0) is 11.3 Å². The summed E-state index contributed by atoms with van der Waals surface area (Å²) in [6, 6.07) is 12.9. The summed E-state index contributed by atoms with van der Waals surface area (Å²) in [7, 11) is 4.16. The zero-order valence-corrected chi connectivity index (χ0v) is 16.4. The number of benzene rings is 1. The van der Waals surface area contributed by atoms with Gasteiger partial charge in [-0.15, -0.1) is 11.8 Å². The van der Waals surface area contributed by atoms with Crippen molar-refractivity contribution in [3.63, 3.8) is 0 Å². The van der Waals surface area contributed by atoms with Crippen LogP contribution >= 0.6 is 11.8 Å². The lowest BCUT2D eigenvalue weighted by molar-refractivity contribution is -0.132. The Kier molecular flexibility index (Phi) is 6.69. The second-order valence-corrected chi connectivity index (χ2v) is 8.10. The smallest absolute Gasteiger partial charge is 0.233 e. The van der Waals surface area contributed by atoms with Gasteiger partial charge >= 0.3 is 0 Å². The molecule has 0 saturated carbocycles. The van der Waals surface area contributed by atoms with Crippen LogP contribution in [-0.4, -0.2) is 47.1 Å². The molecule has 1 aromatic heterocycles. The number of thioether (sulfide) groups is 1. The van der Waals surface area contributed by atoms with Crippen molar-refractivity contribution in [2.45, 2.75) is 36.7 Å². The van der Waals surface area contributed by atoms with Crippen LogP contribution in [0.15, 0.2) is 53.7 Å². The highest BCUT2D eigenvalue weighted by atomic mass is 32.2. The Morgan fingerprint density at radius 1 is 1.15 bits per heavy atom. The summed E-state index contributed by atoms with van der Waals surface area (Å²) in [5.41, 5.74) is 2.56. The largest absolute Gasteiger partial charge is 0.335 e. The predicted molar refractivity (Wildman–Crippen MR) is 107 cm³/mol. The number of pyridine rings is 1. The molecule has 1 fully saturated rings. The fourth-order valence-electron chi connectivity index (χ4n) is 3.45. The lowest BCUT2D eigenvalue weighted by Crippen LogP contribution is -2.39. The van der Waals surface area contributed by atoms with Gasteiger partial charge in [0, 0.05) is 30.4 Å². The van der Waals surface area contributed by atoms with E-state index in [2.05, 4.69) is 53.1 Å². The quantitative estimate of drug-likeness (QED) is 0.722. The Morgan fingerprint density at radius 2 is 1.88 bits per heavy atom. The molecule has 1 aliphatic rings. The molecule has 0 radical (unpaired) electrons. The minimum Gasteiger partial charge on any atom is -0.335 e. The molecule has 138 valence electrons. The fourth-order valence-corrected chi connectivity index (χ4v) is 4.22. The van der Waals surface area contributed by atoms with E-state index in [0.29, 0.717) is 5.75 Å². The van der Waals surface area contributed by atoms with E-state index in [4.69, 9.17) is 0 Å². The molecule has 1 aromatic carbocycles. The Labute approximate surface area is 160 Å². The predicted octanol–water partition coefficient (Wildman–Crippen LogP) is 3.99. The minimum absolute atomic E-state index is 0.211. The van der Waals surface area contributed by atoms with E-state index in [-0.39, 0.29) is 11.9 Å². The summed E-state index contributed by atoms with van der Waals surface area (Å²) in [5, 5.41) is 0. The molecule has 0 N–H and O–H groups in total. The van der Waals surface area contributed by atoms with Crippen LogP contribution in [0.2, 0.25) is 0 Å². The van der Waals surface area contributed by atoms with Crippen molar-refractivity contribution >= 4 is 17.7 Å². The van der Waals surface area contributed by atoms with Gasteiger partial charge in [0.1, 0.15) is 0 Å². The topological polar surface area (TPSA) is 36.4 Å². The Bertz CT molecular complexity index is 703. The molecule has 0 bridgehead atoms. The van der Waals surface area contributed by atoms with Gasteiger partial charge in [-0.05, 0) is 56.6 Å². The average Bonchev–Trinajstić information content (AvgIpc) is 2.67. The van der Waals surface area contributed by atoms with E-state index in [1.807, 2.05) is 12.1 Å². The Morgan fingerprint density at radius 3 is 2.58 bits per heavy atom. The van der Waals surface area contributed by atoms with Crippen molar-refractivity contribution in [1.29, 1.82) is 0 Å². The normalized spacial score (nSPS) is 17.5. The molecule has 1 aliphatic heterocycles. The van der Waals surface area contributed by atoms with E-state index < -0.39 is 0 Å². The maximum absolute atomic E-state index is 12.9. The van der Waals surface area contributed by atoms with Gasteiger partial charge in [-0.3, -0.25) is 9.78 Å². The van der Waals surface area contributed by atoms with Crippen molar-refractivity contribution in [1.82, 2.24) is 14.8 Å². The average molecular weight is 370 g/mol. The number of carbonyl (C=O) groups is 1. The van der Waals surface area contributed by atoms with Crippen molar-refractivity contribution in [2.24, 2.45) is 0 Å². The number of hydrogen-bond donors (Lipinski definition) is 0. The standard InChI is InChI=1S/C21H27N3OS/c1-23(2)15-17-6-8-18(9-7-17)20-5-3-4-14-24(20)21(25)16-26-19-10-12-22-13-11-19/h6-13,20H,3-5,14-16H2,1-2H3. The first-order valence-corrected chi connectivity index (χ1v) is 10.2. The van der Waals surface area contributed by atoms with Crippen molar-refractivity contribution in [2.75, 3.05) is 26.4 Å². The minimum atomic E-state index is 0.211. The van der Waals surface area contributed by atoms with Crippen molar-refractivity contribution in [3.05, 3.63) is 59.9 Å². The van der Waals surface area contributed by atoms with E-state index in [1.54, 1.807) is 24.2 Å². The number of aromatic nitrogens is 1. The molecule has 2 aromatic rings. The zero-order chi connectivity index (χ0) is 18.4. The lowest BCUT2D eigenvalue weighted by Gasteiger charge is -2.36. The van der Waals surface area contributed by atoms with Crippen LogP contribution in [0.1, 0.15) is 36.4 Å². The first-order chi connectivity index (χ1) is 12.6. The lowest BCUT2D eigenvalue weighted by atomic mass is 9.94. The summed E-state index contributed by atoms with van der Waals surface area (Å²) >= 11 is 1.59. The third kappa shape index (κ3) is 5.08. The third-order valence-corrected chi connectivity index (χ3v) is 5.70. The summed E-state index contributed by atoms with van der Waals surface area (Å²) in [5.74, 6) is 0.716. The van der Waals surface area contributed by atoms with Crippen LogP contribution in [0.4, 0.5) is 0 Å². The molecule has 0 aliphatic carbocycles. The van der Waals surface area contributed by atoms with Gasteiger partial charge in [0.15, 0.2) is 0 Å². The molecule has 4 nitrogen and oxygen atoms in total. The van der Waals surface area contributed by atoms with Gasteiger partial charge < -0.3 is 9.80 Å². The highest BCUT2D eigenvalue weighted by Gasteiger charge is 2.27. The highest BCUT2D eigenvalue weighted by molar-refractivity contribution is 8.00. The molecule has 1 amide bonds. The fraction of sp³-hybridized carbons (Fsp3) is 0.429. The van der Waals surface area contributed by atoms with Crippen LogP contribution in [0.3, 0.4) is 0 Å². The molecule has 0 spiro atoms.